The van der Waals surface area contributed by atoms with Crippen LogP contribution in [0.4, 0.5) is 5.69 Å². The topological polar surface area (TPSA) is 135 Å². The van der Waals surface area contributed by atoms with E-state index < -0.39 is 25.1 Å². The number of anilines is 1. The monoisotopic (exact) mass is 351 g/mol. The minimum absolute atomic E-state index is 0. The van der Waals surface area contributed by atoms with Crippen LogP contribution in [0.15, 0.2) is 40.1 Å². The van der Waals surface area contributed by atoms with E-state index in [0.717, 1.165) is 24.3 Å². The number of fused-ring (bicyclic) bond motifs is 1. The molecule has 0 aliphatic rings. The summed E-state index contributed by atoms with van der Waals surface area (Å²) in [6, 6.07) is 5.66. The number of nitrogens with two attached hydrogens (primary N) is 1. The summed E-state index contributed by atoms with van der Waals surface area (Å²) in [6.45, 7) is 0. The van der Waals surface area contributed by atoms with Crippen LogP contribution in [0.1, 0.15) is 2.85 Å². The molecule has 0 aliphatic carbocycles. The third-order valence-corrected chi connectivity index (χ3v) is 4.21. The number of benzene rings is 2. The van der Waals surface area contributed by atoms with Gasteiger partial charge >= 0.3 is 59.1 Å². The maximum absolute atomic E-state index is 11.0. The van der Waals surface area contributed by atoms with Gasteiger partial charge in [-0.3, -0.25) is 9.11 Å². The minimum Gasteiger partial charge on any atom is -1.00 e. The first kappa shape index (κ1) is 21.3. The second-order valence-corrected chi connectivity index (χ2v) is 6.69. The Balaban J connectivity index is -0.000001000. The van der Waals surface area contributed by atoms with Gasteiger partial charge in [0.05, 0.1) is 9.79 Å². The fourth-order valence-corrected chi connectivity index (χ4v) is 2.71. The van der Waals surface area contributed by atoms with E-state index in [1.54, 1.807) is 0 Å². The van der Waals surface area contributed by atoms with Gasteiger partial charge in [-0.25, -0.2) is 0 Å². The zero-order valence-corrected chi connectivity index (χ0v) is 16.9. The smallest absolute Gasteiger partial charge is 1.00 e. The van der Waals surface area contributed by atoms with E-state index in [1.807, 2.05) is 0 Å². The van der Waals surface area contributed by atoms with Crippen molar-refractivity contribution in [2.24, 2.45) is 0 Å². The quantitative estimate of drug-likeness (QED) is 0.281. The van der Waals surface area contributed by atoms with Crippen molar-refractivity contribution in [3.05, 3.63) is 30.3 Å². The van der Waals surface area contributed by atoms with Gasteiger partial charge in [-0.2, -0.15) is 16.8 Å². The molecule has 0 unspecified atom stereocenters. The van der Waals surface area contributed by atoms with Crippen LogP contribution < -0.4 is 64.8 Å². The molecule has 0 atom stereocenters. The molecule has 0 heterocycles. The van der Waals surface area contributed by atoms with Crippen LogP contribution in [0, 0.1) is 0 Å². The first-order valence-electron chi connectivity index (χ1n) is 4.87. The van der Waals surface area contributed by atoms with Crippen LogP contribution in [-0.4, -0.2) is 25.9 Å². The fraction of sp³-hybridized carbons (Fsp3) is 0. The van der Waals surface area contributed by atoms with Crippen molar-refractivity contribution in [3.63, 3.8) is 0 Å². The molecule has 2 rings (SSSR count). The summed E-state index contributed by atoms with van der Waals surface area (Å²) in [5.74, 6) is 0. The zero-order chi connectivity index (χ0) is 14.4. The summed E-state index contributed by atoms with van der Waals surface area (Å²) in [4.78, 5) is -0.747. The largest absolute Gasteiger partial charge is 1.00 e. The molecule has 2 aromatic rings. The molecule has 106 valence electrons. The predicted molar refractivity (Wildman–Crippen MR) is 70.2 cm³/mol. The Kier molecular flexibility index (Phi) is 7.37. The van der Waals surface area contributed by atoms with Gasteiger partial charge in [0.2, 0.25) is 0 Å². The summed E-state index contributed by atoms with van der Waals surface area (Å²) in [5.41, 5.74) is 5.58. The van der Waals surface area contributed by atoms with E-state index in [4.69, 9.17) is 14.8 Å². The molecule has 0 aromatic heterocycles. The van der Waals surface area contributed by atoms with Gasteiger partial charge in [0.15, 0.2) is 0 Å². The first-order valence-corrected chi connectivity index (χ1v) is 7.75. The molecule has 4 N–H and O–H groups in total. The molecular formula is C10H11NNa2O6S2. The molecule has 0 bridgehead atoms. The van der Waals surface area contributed by atoms with E-state index in [1.165, 1.54) is 6.07 Å². The molecule has 0 amide bonds. The number of hydrogen-bond acceptors (Lipinski definition) is 5. The van der Waals surface area contributed by atoms with Crippen LogP contribution in [0.5, 0.6) is 0 Å². The van der Waals surface area contributed by atoms with Gasteiger partial charge in [0.1, 0.15) is 0 Å². The molecular weight excluding hydrogens is 340 g/mol. The van der Waals surface area contributed by atoms with Crippen LogP contribution in [0.25, 0.3) is 10.8 Å². The summed E-state index contributed by atoms with van der Waals surface area (Å²) < 4.78 is 61.9. The van der Waals surface area contributed by atoms with Crippen LogP contribution in [0.3, 0.4) is 0 Å². The van der Waals surface area contributed by atoms with Crippen molar-refractivity contribution in [1.29, 1.82) is 0 Å². The second-order valence-electron chi connectivity index (χ2n) is 3.85. The summed E-state index contributed by atoms with van der Waals surface area (Å²) >= 11 is 0. The minimum atomic E-state index is -4.40. The molecule has 0 radical (unpaired) electrons. The van der Waals surface area contributed by atoms with Crippen LogP contribution in [-0.2, 0) is 20.2 Å². The van der Waals surface area contributed by atoms with Gasteiger partial charge in [0, 0.05) is 11.1 Å². The van der Waals surface area contributed by atoms with Crippen LogP contribution >= 0.6 is 0 Å². The maximum Gasteiger partial charge on any atom is 1.00 e. The molecule has 0 fully saturated rings. The molecule has 0 saturated carbocycles. The molecule has 2 aromatic carbocycles. The Morgan fingerprint density at radius 1 is 0.857 bits per heavy atom. The summed E-state index contributed by atoms with van der Waals surface area (Å²) in [6.07, 6.45) is 0. The summed E-state index contributed by atoms with van der Waals surface area (Å²) in [5, 5.41) is 0.572. The van der Waals surface area contributed by atoms with Crippen molar-refractivity contribution in [3.8, 4) is 0 Å². The van der Waals surface area contributed by atoms with Crippen molar-refractivity contribution in [1.82, 2.24) is 0 Å². The Bertz CT molecular complexity index is 890. The fourth-order valence-electron chi connectivity index (χ4n) is 1.65. The number of rotatable bonds is 2. The van der Waals surface area contributed by atoms with Crippen molar-refractivity contribution in [2.75, 3.05) is 5.73 Å². The van der Waals surface area contributed by atoms with Crippen molar-refractivity contribution in [2.45, 2.75) is 9.79 Å². The Morgan fingerprint density at radius 3 is 1.86 bits per heavy atom. The third-order valence-electron chi connectivity index (χ3n) is 2.53. The molecule has 0 spiro atoms. The van der Waals surface area contributed by atoms with Gasteiger partial charge in [-0.1, -0.05) is 6.07 Å². The molecule has 21 heavy (non-hydrogen) atoms. The van der Waals surface area contributed by atoms with Gasteiger partial charge < -0.3 is 8.59 Å². The van der Waals surface area contributed by atoms with Crippen LogP contribution in [0.2, 0.25) is 0 Å². The predicted octanol–water partition coefficient (Wildman–Crippen LogP) is -4.85. The molecule has 7 nitrogen and oxygen atoms in total. The van der Waals surface area contributed by atoms with E-state index in [9.17, 15) is 16.8 Å². The van der Waals surface area contributed by atoms with Crippen molar-refractivity contribution < 1.29 is 87.9 Å². The Morgan fingerprint density at radius 2 is 1.38 bits per heavy atom. The van der Waals surface area contributed by atoms with Gasteiger partial charge in [-0.05, 0) is 29.7 Å². The Hall–Kier alpha value is 0.320. The van der Waals surface area contributed by atoms with Gasteiger partial charge in [-0.15, -0.1) is 0 Å². The van der Waals surface area contributed by atoms with E-state index in [-0.39, 0.29) is 77.9 Å². The third kappa shape index (κ3) is 4.90. The van der Waals surface area contributed by atoms with E-state index in [0.29, 0.717) is 5.39 Å². The zero-order valence-electron chi connectivity index (χ0n) is 13.3. The van der Waals surface area contributed by atoms with E-state index >= 15 is 0 Å². The number of hydrogen-bond donors (Lipinski definition) is 3. The maximum atomic E-state index is 11.0. The molecule has 0 aliphatic heterocycles. The molecule has 0 saturated heterocycles. The summed E-state index contributed by atoms with van der Waals surface area (Å²) in [7, 11) is -8.78. The number of nitrogen functional groups attached to an aromatic ring is 1. The van der Waals surface area contributed by atoms with Crippen molar-refractivity contribution >= 4 is 36.7 Å². The second kappa shape index (κ2) is 7.26. The standard InChI is InChI=1S/C10H9NO6S2.2Na.2H/c11-10-5-8(19(15,16)17)3-6-1-2-7(4-9(6)10)18(12,13)14;;;;/h1-5H,11H2,(H,12,13,14)(H,15,16,17);;;;/q;2*+1;2*-1. The molecule has 11 heteroatoms. The first-order chi connectivity index (χ1) is 8.59. The normalized spacial score (nSPS) is 11.5. The average Bonchev–Trinajstić information content (AvgIpc) is 2.26. The van der Waals surface area contributed by atoms with Gasteiger partial charge in [0.25, 0.3) is 20.2 Å². The Labute approximate surface area is 169 Å². The SMILES string of the molecule is Nc1cc(S(=O)(=O)O)cc2ccc(S(=O)(=O)O)cc12.[H-].[H-].[Na+].[Na+]. The van der Waals surface area contributed by atoms with E-state index in [2.05, 4.69) is 0 Å². The average molecular weight is 351 g/mol.